The van der Waals surface area contributed by atoms with Crippen LogP contribution in [-0.2, 0) is 32.6 Å². The first-order chi connectivity index (χ1) is 13.9. The number of thiophene rings is 1. The van der Waals surface area contributed by atoms with Crippen LogP contribution in [0.2, 0.25) is 0 Å². The van der Waals surface area contributed by atoms with Gasteiger partial charge in [0.2, 0.25) is 11.8 Å². The summed E-state index contributed by atoms with van der Waals surface area (Å²) < 4.78 is 28.1. The zero-order valence-electron chi connectivity index (χ0n) is 16.5. The van der Waals surface area contributed by atoms with Gasteiger partial charge in [-0.25, -0.2) is 8.42 Å². The Kier molecular flexibility index (Phi) is 6.71. The van der Waals surface area contributed by atoms with E-state index < -0.39 is 16.1 Å². The number of amides is 2. The van der Waals surface area contributed by atoms with Gasteiger partial charge in [0.05, 0.1) is 6.54 Å². The second-order valence-corrected chi connectivity index (χ2v) is 9.84. The first kappa shape index (κ1) is 21.5. The minimum absolute atomic E-state index is 0.0891. The van der Waals surface area contributed by atoms with E-state index in [1.165, 1.54) is 9.21 Å². The molecule has 9 heteroatoms. The zero-order chi connectivity index (χ0) is 21.0. The lowest BCUT2D eigenvalue weighted by Crippen LogP contribution is -2.54. The van der Waals surface area contributed by atoms with Gasteiger partial charge in [0.25, 0.3) is 10.0 Å². The fraction of sp³-hybridized carbons (Fsp3) is 0.400. The van der Waals surface area contributed by atoms with E-state index in [2.05, 4.69) is 5.32 Å². The lowest BCUT2D eigenvalue weighted by Gasteiger charge is -2.37. The lowest BCUT2D eigenvalue weighted by atomic mass is 9.95. The molecule has 0 fully saturated rings. The van der Waals surface area contributed by atoms with Crippen LogP contribution in [0.4, 0.5) is 0 Å². The van der Waals surface area contributed by atoms with Crippen LogP contribution in [0.25, 0.3) is 0 Å². The highest BCUT2D eigenvalue weighted by Crippen LogP contribution is 2.31. The Labute approximate surface area is 175 Å². The van der Waals surface area contributed by atoms with Gasteiger partial charge in [0, 0.05) is 19.6 Å². The molecule has 3 rings (SSSR count). The van der Waals surface area contributed by atoms with E-state index in [4.69, 9.17) is 0 Å². The van der Waals surface area contributed by atoms with Crippen LogP contribution in [0, 0.1) is 0 Å². The topological polar surface area (TPSA) is 86.8 Å². The van der Waals surface area contributed by atoms with Gasteiger partial charge in [-0.15, -0.1) is 11.3 Å². The fourth-order valence-corrected chi connectivity index (χ4v) is 6.15. The third-order valence-electron chi connectivity index (χ3n) is 4.95. The van der Waals surface area contributed by atoms with Crippen LogP contribution in [0.1, 0.15) is 25.0 Å². The number of fused-ring (bicyclic) bond motifs is 1. The summed E-state index contributed by atoms with van der Waals surface area (Å²) in [7, 11) is -3.83. The summed E-state index contributed by atoms with van der Waals surface area (Å²) in [5.74, 6) is -0.611. The first-order valence-corrected chi connectivity index (χ1v) is 11.9. The Bertz CT molecular complexity index is 973. The van der Waals surface area contributed by atoms with Gasteiger partial charge >= 0.3 is 0 Å². The predicted octanol–water partition coefficient (Wildman–Crippen LogP) is 1.85. The van der Waals surface area contributed by atoms with Gasteiger partial charge in [0.1, 0.15) is 10.3 Å². The molecule has 2 heterocycles. The number of rotatable bonds is 7. The minimum Gasteiger partial charge on any atom is -0.355 e. The van der Waals surface area contributed by atoms with Crippen LogP contribution >= 0.6 is 11.3 Å². The molecule has 1 aromatic carbocycles. The molecule has 0 bridgehead atoms. The van der Waals surface area contributed by atoms with Crippen LogP contribution in [-0.4, -0.2) is 55.1 Å². The van der Waals surface area contributed by atoms with Crippen LogP contribution in [0.3, 0.4) is 0 Å². The lowest BCUT2D eigenvalue weighted by molar-refractivity contribution is -0.139. The number of sulfonamides is 1. The number of likely N-dealkylation sites (N-methyl/N-ethyl adjacent to an activating group) is 2. The van der Waals surface area contributed by atoms with E-state index in [9.17, 15) is 18.0 Å². The van der Waals surface area contributed by atoms with Crippen molar-refractivity contribution in [1.29, 1.82) is 0 Å². The highest BCUT2D eigenvalue weighted by molar-refractivity contribution is 7.91. The number of nitrogens with one attached hydrogen (secondary N) is 1. The Morgan fingerprint density at radius 1 is 1.17 bits per heavy atom. The van der Waals surface area contributed by atoms with Crippen molar-refractivity contribution in [3.05, 3.63) is 52.9 Å². The second kappa shape index (κ2) is 9.06. The SMILES string of the molecule is CCNC(=O)CN(CC)C(=O)[C@@H]1Cc2ccccc2CN1S(=O)(=O)c1cccs1. The van der Waals surface area contributed by atoms with Crippen LogP contribution < -0.4 is 5.32 Å². The van der Waals surface area contributed by atoms with Crippen molar-refractivity contribution < 1.29 is 18.0 Å². The standard InChI is InChI=1S/C20H25N3O4S2/c1-3-21-18(24)14-22(4-2)20(25)17-12-15-8-5-6-9-16(15)13-23(17)29(26,27)19-10-7-11-28-19/h5-11,17H,3-4,12-14H2,1-2H3,(H,21,24)/t17-/m0/s1. The molecular formula is C20H25N3O4S2. The molecule has 1 N–H and O–H groups in total. The highest BCUT2D eigenvalue weighted by atomic mass is 32.2. The van der Waals surface area contributed by atoms with Gasteiger partial charge in [-0.1, -0.05) is 30.3 Å². The van der Waals surface area contributed by atoms with Crippen molar-refractivity contribution >= 4 is 33.2 Å². The monoisotopic (exact) mass is 435 g/mol. The summed E-state index contributed by atoms with van der Waals surface area (Å²) in [4.78, 5) is 26.8. The van der Waals surface area contributed by atoms with E-state index >= 15 is 0 Å². The maximum absolute atomic E-state index is 13.3. The molecule has 0 radical (unpaired) electrons. The van der Waals surface area contributed by atoms with Gasteiger partial charge in [-0.2, -0.15) is 4.31 Å². The van der Waals surface area contributed by atoms with E-state index in [0.29, 0.717) is 13.1 Å². The maximum atomic E-state index is 13.3. The molecule has 2 amide bonds. The normalized spacial score (nSPS) is 16.8. The minimum atomic E-state index is -3.83. The van der Waals surface area contributed by atoms with Crippen LogP contribution in [0.15, 0.2) is 46.0 Å². The summed E-state index contributed by atoms with van der Waals surface area (Å²) in [6.07, 6.45) is 0.283. The van der Waals surface area contributed by atoms with Gasteiger partial charge < -0.3 is 10.2 Å². The molecular weight excluding hydrogens is 410 g/mol. The summed E-state index contributed by atoms with van der Waals surface area (Å²) in [5.41, 5.74) is 1.85. The summed E-state index contributed by atoms with van der Waals surface area (Å²) >= 11 is 1.13. The molecule has 1 atom stereocenters. The molecule has 156 valence electrons. The molecule has 0 saturated heterocycles. The van der Waals surface area contributed by atoms with E-state index in [1.807, 2.05) is 31.2 Å². The Morgan fingerprint density at radius 3 is 2.52 bits per heavy atom. The van der Waals surface area contributed by atoms with Crippen molar-refractivity contribution in [3.8, 4) is 0 Å². The predicted molar refractivity (Wildman–Crippen MR) is 112 cm³/mol. The van der Waals surface area contributed by atoms with Crippen molar-refractivity contribution in [2.75, 3.05) is 19.6 Å². The fourth-order valence-electron chi connectivity index (χ4n) is 3.47. The van der Waals surface area contributed by atoms with Gasteiger partial charge in [0.15, 0.2) is 0 Å². The van der Waals surface area contributed by atoms with Crippen molar-refractivity contribution in [2.24, 2.45) is 0 Å². The second-order valence-electron chi connectivity index (χ2n) is 6.78. The van der Waals surface area contributed by atoms with E-state index in [1.54, 1.807) is 24.4 Å². The van der Waals surface area contributed by atoms with E-state index in [-0.39, 0.29) is 35.5 Å². The number of carbonyl (C=O) groups excluding carboxylic acids is 2. The van der Waals surface area contributed by atoms with Gasteiger partial charge in [-0.05, 0) is 42.8 Å². The van der Waals surface area contributed by atoms with Crippen molar-refractivity contribution in [2.45, 2.75) is 37.1 Å². The number of carbonyl (C=O) groups is 2. The molecule has 0 spiro atoms. The zero-order valence-corrected chi connectivity index (χ0v) is 18.1. The quantitative estimate of drug-likeness (QED) is 0.719. The largest absolute Gasteiger partial charge is 0.355 e. The number of nitrogens with zero attached hydrogens (tertiary/aromatic N) is 2. The Hall–Kier alpha value is -2.23. The molecule has 1 aromatic heterocycles. The molecule has 0 aliphatic carbocycles. The van der Waals surface area contributed by atoms with E-state index in [0.717, 1.165) is 22.5 Å². The molecule has 2 aromatic rings. The van der Waals surface area contributed by atoms with Crippen molar-refractivity contribution in [3.63, 3.8) is 0 Å². The van der Waals surface area contributed by atoms with Gasteiger partial charge in [-0.3, -0.25) is 9.59 Å². The number of hydrogen-bond donors (Lipinski definition) is 1. The maximum Gasteiger partial charge on any atom is 0.253 e. The molecule has 0 unspecified atom stereocenters. The summed E-state index contributed by atoms with van der Waals surface area (Å²) in [6.45, 7) is 4.43. The molecule has 1 aliphatic heterocycles. The Morgan fingerprint density at radius 2 is 1.90 bits per heavy atom. The third kappa shape index (κ3) is 4.52. The van der Waals surface area contributed by atoms with Crippen LogP contribution in [0.5, 0.6) is 0 Å². The molecule has 7 nitrogen and oxygen atoms in total. The average molecular weight is 436 g/mol. The summed E-state index contributed by atoms with van der Waals surface area (Å²) in [5, 5.41) is 4.39. The Balaban J connectivity index is 1.96. The third-order valence-corrected chi connectivity index (χ3v) is 8.18. The highest BCUT2D eigenvalue weighted by Gasteiger charge is 2.41. The summed E-state index contributed by atoms with van der Waals surface area (Å²) in [6, 6.07) is 9.91. The molecule has 29 heavy (non-hydrogen) atoms. The molecule has 0 saturated carbocycles. The molecule has 1 aliphatic rings. The van der Waals surface area contributed by atoms with Crippen molar-refractivity contribution in [1.82, 2.24) is 14.5 Å². The number of hydrogen-bond acceptors (Lipinski definition) is 5. The number of benzene rings is 1. The first-order valence-electron chi connectivity index (χ1n) is 9.56. The average Bonchev–Trinajstić information content (AvgIpc) is 3.26. The smallest absolute Gasteiger partial charge is 0.253 e.